The van der Waals surface area contributed by atoms with Gasteiger partial charge in [-0.05, 0) is 124 Å². The third kappa shape index (κ3) is 22.2. The molecule has 8 amide bonds. The normalized spacial score (nSPS) is 20.2. The van der Waals surface area contributed by atoms with E-state index in [9.17, 15) is 57.3 Å². The monoisotopic (exact) mass is 1300 g/mol. The second-order valence-corrected chi connectivity index (χ2v) is 25.9. The lowest BCUT2D eigenvalue weighted by Gasteiger charge is -2.29. The first-order valence-corrected chi connectivity index (χ1v) is 32.7. The fourth-order valence-corrected chi connectivity index (χ4v) is 12.9. The number of halogens is 1. The highest BCUT2D eigenvalue weighted by Gasteiger charge is 2.37. The number of aromatic hydroxyl groups is 2. The summed E-state index contributed by atoms with van der Waals surface area (Å²) in [5, 5.41) is 53.0. The van der Waals surface area contributed by atoms with Gasteiger partial charge in [0.15, 0.2) is 5.78 Å². The number of ketones is 1. The first-order chi connectivity index (χ1) is 42.4. The van der Waals surface area contributed by atoms with Crippen molar-refractivity contribution in [2.75, 3.05) is 25.1 Å². The quantitative estimate of drug-likeness (QED) is 0.0251. The molecular formula is C61H73ClN10O14S3. The zero-order valence-corrected chi connectivity index (χ0v) is 52.1. The molecule has 0 saturated carbocycles. The highest BCUT2D eigenvalue weighted by atomic mass is 35.5. The van der Waals surface area contributed by atoms with Gasteiger partial charge in [-0.15, -0.1) is 0 Å². The number of primary amides is 1. The number of amides is 8. The number of hydrogen-bond acceptors (Lipinski definition) is 17. The number of nitrogens with two attached hydrogens (primary N) is 1. The van der Waals surface area contributed by atoms with E-state index in [2.05, 4.69) is 47.3 Å². The summed E-state index contributed by atoms with van der Waals surface area (Å²) in [6.07, 6.45) is -1.80. The van der Waals surface area contributed by atoms with Crippen LogP contribution < -0.4 is 53.0 Å². The predicted molar refractivity (Wildman–Crippen MR) is 337 cm³/mol. The highest BCUT2D eigenvalue weighted by Crippen LogP contribution is 2.25. The number of phenols is 2. The molecule has 1 heterocycles. The van der Waals surface area contributed by atoms with Crippen molar-refractivity contribution in [3.8, 4) is 11.5 Å². The molecule has 6 rings (SSSR count). The largest absolute Gasteiger partial charge is 0.508 e. The second-order valence-electron chi connectivity index (χ2n) is 21.2. The number of phenolic OH excluding ortho intramolecular Hbond substituents is 2. The van der Waals surface area contributed by atoms with Crippen molar-refractivity contribution in [2.24, 2.45) is 5.73 Å². The number of aliphatic hydroxyl groups is 1. The third-order valence-corrected chi connectivity index (χ3v) is 18.3. The second kappa shape index (κ2) is 34.1. The number of benzene rings is 5. The number of carbonyl (C=O) groups is 9. The molecule has 1 saturated heterocycles. The maximum atomic E-state index is 15.1. The number of sulfonamides is 1. The molecule has 28 heteroatoms. The number of aliphatic hydroxyl groups excluding tert-OH is 1. The van der Waals surface area contributed by atoms with Crippen LogP contribution in [0.1, 0.15) is 65.7 Å². The standard InChI is InChI=1S/C61H73ClN10O14S3/c1-35(73)41-20-12-37(13-21-41)30-48-56(79)65-46(11-7-8-28-64-3)55(78)71-53(36(2)74)61(84)70-52(59(82)66-47(54(63)77)29-39-16-24-43(75)25-17-39)34-88-87-33-51(60(83)68-49(57(80)67-48)31-40-18-26-44(76)27-19-40)69-58(81)50(32-38-14-22-42(62)23-15-38)72-89(85,86)45-9-5-4-6-10-45/h4-6,9-10,12-27,36,46-53,64,72,74-76H,7-8,11,28-34H2,1-3H3,(H2,63,77)(H,65,79)(H,66,82)(H,67,80)(H,68,83)(H,69,81)(H,70,84)(H,71,78)/t36-,46+,47-,48-,49+,50+,51-,52+,53+/m1/s1. The van der Waals surface area contributed by atoms with E-state index >= 15 is 9.59 Å². The van der Waals surface area contributed by atoms with Crippen LogP contribution in [-0.2, 0) is 74.1 Å². The van der Waals surface area contributed by atoms with E-state index in [4.69, 9.17) is 17.3 Å². The molecular weight excluding hydrogens is 1230 g/mol. The van der Waals surface area contributed by atoms with Gasteiger partial charge in [-0.2, -0.15) is 4.72 Å². The van der Waals surface area contributed by atoms with Gasteiger partial charge in [0.1, 0.15) is 59.8 Å². The van der Waals surface area contributed by atoms with Crippen molar-refractivity contribution in [1.29, 1.82) is 0 Å². The Bertz CT molecular complexity index is 3370. The molecule has 0 bridgehead atoms. The topological polar surface area (TPSA) is 383 Å². The Kier molecular flexibility index (Phi) is 26.8. The van der Waals surface area contributed by atoms with Gasteiger partial charge in [0, 0.05) is 41.4 Å². The summed E-state index contributed by atoms with van der Waals surface area (Å²) in [5.74, 6) is -9.04. The van der Waals surface area contributed by atoms with Gasteiger partial charge in [0.05, 0.1) is 11.0 Å². The van der Waals surface area contributed by atoms with Crippen molar-refractivity contribution in [2.45, 2.75) is 118 Å². The van der Waals surface area contributed by atoms with Crippen molar-refractivity contribution >= 4 is 96.3 Å². The van der Waals surface area contributed by atoms with Crippen LogP contribution in [0.15, 0.2) is 132 Å². The molecule has 0 spiro atoms. The lowest BCUT2D eigenvalue weighted by molar-refractivity contribution is -0.136. The number of hydrogen-bond donors (Lipinski definition) is 13. The molecule has 1 aliphatic rings. The van der Waals surface area contributed by atoms with Crippen molar-refractivity contribution in [1.82, 2.24) is 47.3 Å². The van der Waals surface area contributed by atoms with Crippen LogP contribution in [0.2, 0.25) is 5.02 Å². The summed E-state index contributed by atoms with van der Waals surface area (Å²) in [6, 6.07) is 18.4. The Balaban J connectivity index is 1.45. The molecule has 5 aromatic carbocycles. The average Bonchev–Trinajstić information content (AvgIpc) is 3.52. The Morgan fingerprint density at radius 2 is 1.15 bits per heavy atom. The Morgan fingerprint density at radius 1 is 0.640 bits per heavy atom. The predicted octanol–water partition coefficient (Wildman–Crippen LogP) is 1.62. The Labute approximate surface area is 528 Å². The van der Waals surface area contributed by atoms with Crippen molar-refractivity contribution < 1.29 is 66.9 Å². The molecule has 24 nitrogen and oxygen atoms in total. The van der Waals surface area contributed by atoms with E-state index in [1.54, 1.807) is 37.4 Å². The molecule has 476 valence electrons. The molecule has 5 aromatic rings. The number of nitrogens with one attached hydrogen (secondary N) is 9. The lowest BCUT2D eigenvalue weighted by atomic mass is 10.00. The molecule has 0 radical (unpaired) electrons. The molecule has 89 heavy (non-hydrogen) atoms. The third-order valence-electron chi connectivity index (χ3n) is 14.2. The van der Waals surface area contributed by atoms with Crippen LogP contribution in [-0.4, -0.2) is 156 Å². The van der Waals surface area contributed by atoms with E-state index in [-0.39, 0.29) is 60.0 Å². The minimum Gasteiger partial charge on any atom is -0.508 e. The number of carbonyl (C=O) groups excluding carboxylic acids is 9. The van der Waals surface area contributed by atoms with Crippen molar-refractivity contribution in [3.05, 3.63) is 160 Å². The number of unbranched alkanes of at least 4 members (excludes halogenated alkanes) is 1. The summed E-state index contributed by atoms with van der Waals surface area (Å²) in [4.78, 5) is 128. The van der Waals surface area contributed by atoms with Gasteiger partial charge in [0.25, 0.3) is 0 Å². The zero-order valence-electron chi connectivity index (χ0n) is 48.9. The number of Topliss-reactive ketones (excluding diaryl/α,β-unsaturated/α-hetero) is 1. The van der Waals surface area contributed by atoms with E-state index in [1.165, 1.54) is 111 Å². The van der Waals surface area contributed by atoms with E-state index < -0.39 is 117 Å². The highest BCUT2D eigenvalue weighted by molar-refractivity contribution is 8.76. The molecule has 0 aromatic heterocycles. The Morgan fingerprint density at radius 3 is 1.70 bits per heavy atom. The molecule has 0 aliphatic carbocycles. The first kappa shape index (κ1) is 70.0. The summed E-state index contributed by atoms with van der Waals surface area (Å²) >= 11 is 6.18. The lowest BCUT2D eigenvalue weighted by Crippen LogP contribution is -2.62. The molecule has 1 fully saturated rings. The van der Waals surface area contributed by atoms with Crippen LogP contribution in [0.4, 0.5) is 0 Å². The fraction of sp³-hybridized carbons (Fsp3) is 0.361. The van der Waals surface area contributed by atoms with E-state index in [0.717, 1.165) is 21.6 Å². The van der Waals surface area contributed by atoms with Crippen LogP contribution in [0.3, 0.4) is 0 Å². The Hall–Kier alpha value is -8.05. The van der Waals surface area contributed by atoms with Crippen LogP contribution >= 0.6 is 33.2 Å². The smallest absolute Gasteiger partial charge is 0.245 e. The summed E-state index contributed by atoms with van der Waals surface area (Å²) in [5.41, 5.74) is 7.91. The first-order valence-electron chi connectivity index (χ1n) is 28.4. The maximum absolute atomic E-state index is 15.1. The van der Waals surface area contributed by atoms with Gasteiger partial charge in [-0.25, -0.2) is 8.42 Å². The maximum Gasteiger partial charge on any atom is 0.245 e. The van der Waals surface area contributed by atoms with Crippen LogP contribution in [0, 0.1) is 0 Å². The van der Waals surface area contributed by atoms with Crippen molar-refractivity contribution in [3.63, 3.8) is 0 Å². The summed E-state index contributed by atoms with van der Waals surface area (Å²) in [6.45, 7) is 3.08. The van der Waals surface area contributed by atoms with Gasteiger partial charge in [-0.1, -0.05) is 112 Å². The summed E-state index contributed by atoms with van der Waals surface area (Å²) in [7, 11) is -0.942. The van der Waals surface area contributed by atoms with E-state index in [1.807, 2.05) is 0 Å². The minimum absolute atomic E-state index is 0.0310. The van der Waals surface area contributed by atoms with E-state index in [0.29, 0.717) is 52.2 Å². The SMILES string of the molecule is CNCCCC[C@@H]1NC(=O)[C@@H](Cc2ccc(C(C)=O)cc2)NC(=O)[C@H](Cc2ccc(O)cc2)NC(=O)[C@H](NC(=O)[C@H](Cc2ccc(Cl)cc2)NS(=O)(=O)c2ccccc2)CSSC[C@@H](C(=O)N[C@H](Cc2ccc(O)cc2)C(N)=O)NC(=O)[C@H]([C@@H](C)O)NC1=O. The minimum atomic E-state index is -4.43. The van der Waals surface area contributed by atoms with Gasteiger partial charge in [-0.3, -0.25) is 43.2 Å². The van der Waals surface area contributed by atoms with Crippen LogP contribution in [0.5, 0.6) is 11.5 Å². The van der Waals surface area contributed by atoms with Gasteiger partial charge < -0.3 is 63.6 Å². The van der Waals surface area contributed by atoms with Gasteiger partial charge >= 0.3 is 0 Å². The average molecular weight is 1300 g/mol. The molecule has 1 aliphatic heterocycles. The fourth-order valence-electron chi connectivity index (χ4n) is 9.19. The number of rotatable bonds is 23. The molecule has 9 atom stereocenters. The molecule has 0 unspecified atom stereocenters. The summed E-state index contributed by atoms with van der Waals surface area (Å²) < 4.78 is 30.3. The van der Waals surface area contributed by atoms with Crippen LogP contribution in [0.25, 0.3) is 0 Å². The zero-order chi connectivity index (χ0) is 64.8. The van der Waals surface area contributed by atoms with Gasteiger partial charge in [0.2, 0.25) is 57.3 Å². The molecule has 14 N–H and O–H groups in total.